The molecule has 0 unspecified atom stereocenters. The molecule has 0 radical (unpaired) electrons. The van der Waals surface area contributed by atoms with E-state index in [2.05, 4.69) is 25.9 Å². The summed E-state index contributed by atoms with van der Waals surface area (Å²) in [4.78, 5) is 0. The molecule has 0 aliphatic heterocycles. The molecule has 0 saturated carbocycles. The van der Waals surface area contributed by atoms with Crippen LogP contribution in [0.4, 0.5) is 0 Å². The van der Waals surface area contributed by atoms with E-state index in [1.165, 1.54) is 0 Å². The molecule has 0 bridgehead atoms. The van der Waals surface area contributed by atoms with Gasteiger partial charge < -0.3 is 0 Å². The third kappa shape index (κ3) is 240. The van der Waals surface area contributed by atoms with E-state index in [-0.39, 0.29) is 0 Å². The maximum absolute atomic E-state index is 4.00. The van der Waals surface area contributed by atoms with Crippen molar-refractivity contribution >= 4 is 9.52 Å². The topological polar surface area (TPSA) is 0 Å². The molecule has 0 aliphatic rings. The summed E-state index contributed by atoms with van der Waals surface area (Å²) in [5.41, 5.74) is 0. The van der Waals surface area contributed by atoms with Gasteiger partial charge in [0.25, 0.3) is 0 Å². The highest BCUT2D eigenvalue weighted by Crippen LogP contribution is 1.36. The van der Waals surface area contributed by atoms with Gasteiger partial charge >= 0.3 is 0 Å². The Balaban J connectivity index is 0. The van der Waals surface area contributed by atoms with Gasteiger partial charge in [-0.15, -0.1) is 12.8 Å². The van der Waals surface area contributed by atoms with E-state index in [9.17, 15) is 0 Å². The average Bonchev–Trinajstić information content (AvgIpc) is 1.46. The number of hydrogen-bond donors (Lipinski definition) is 0. The van der Waals surface area contributed by atoms with Crippen molar-refractivity contribution in [3.05, 3.63) is 0 Å². The molecule has 0 spiro atoms. The summed E-state index contributed by atoms with van der Waals surface area (Å²) >= 11 is 0. The molecular weight excluding hydrogens is 76.1 g/mol. The van der Waals surface area contributed by atoms with Gasteiger partial charge in [0.15, 0.2) is 0 Å². The van der Waals surface area contributed by atoms with Crippen molar-refractivity contribution in [3.63, 3.8) is 0 Å². The van der Waals surface area contributed by atoms with E-state index in [4.69, 9.17) is 0 Å². The first-order valence-electron chi connectivity index (χ1n) is 1.75. The first-order valence-corrected chi connectivity index (χ1v) is 4.58. The van der Waals surface area contributed by atoms with Crippen LogP contribution in [0.25, 0.3) is 0 Å². The monoisotopic (exact) mass is 86.1 g/mol. The molecule has 5 heavy (non-hydrogen) atoms. The Morgan fingerprint density at radius 1 is 1.20 bits per heavy atom. The molecular formula is C4H10Si. The normalized spacial score (nSPS) is 4.00. The van der Waals surface area contributed by atoms with Crippen molar-refractivity contribution in [1.82, 2.24) is 0 Å². The van der Waals surface area contributed by atoms with Crippen LogP contribution in [0.1, 0.15) is 0 Å². The lowest BCUT2D eigenvalue weighted by Crippen LogP contribution is -1.53. The highest BCUT2D eigenvalue weighted by molar-refractivity contribution is 6.31. The summed E-state index contributed by atoms with van der Waals surface area (Å²) in [5.74, 6) is 0. The Labute approximate surface area is 36.4 Å². The summed E-state index contributed by atoms with van der Waals surface area (Å²) in [6, 6.07) is 0. The Hall–Kier alpha value is -0.223. The lowest BCUT2D eigenvalue weighted by atomic mass is 11.4. The summed E-state index contributed by atoms with van der Waals surface area (Å²) < 4.78 is 0. The van der Waals surface area contributed by atoms with Crippen LogP contribution in [0.3, 0.4) is 0 Å². The van der Waals surface area contributed by atoms with Crippen molar-refractivity contribution in [1.29, 1.82) is 0 Å². The molecule has 0 saturated heterocycles. The second-order valence-electron chi connectivity index (χ2n) is 0.707. The van der Waals surface area contributed by atoms with Crippen LogP contribution >= 0.6 is 0 Å². The molecule has 30 valence electrons. The molecule has 0 aliphatic carbocycles. The maximum Gasteiger partial charge on any atom is 0.0135 e. The molecule has 1 heteroatoms. The predicted octanol–water partition coefficient (Wildman–Crippen LogP) is 0.501. The van der Waals surface area contributed by atoms with Crippen molar-refractivity contribution < 1.29 is 0 Å². The third-order valence-corrected chi connectivity index (χ3v) is 0. The van der Waals surface area contributed by atoms with Crippen LogP contribution in [-0.4, -0.2) is 9.52 Å². The Morgan fingerprint density at radius 2 is 1.20 bits per heavy atom. The van der Waals surface area contributed by atoms with E-state index in [0.29, 0.717) is 9.52 Å². The summed E-state index contributed by atoms with van der Waals surface area (Å²) in [5, 5.41) is 0. The summed E-state index contributed by atoms with van der Waals surface area (Å²) in [6.45, 7) is 4.53. The van der Waals surface area contributed by atoms with Crippen LogP contribution in [0, 0.1) is 12.8 Å². The Bertz CT molecular complexity index is 14.9. The minimum absolute atomic E-state index is 0.417. The number of terminal acetylenes is 1. The molecule has 0 N–H and O–H groups in total. The van der Waals surface area contributed by atoms with E-state index in [1.807, 2.05) is 0 Å². The van der Waals surface area contributed by atoms with Gasteiger partial charge in [0.05, 0.1) is 0 Å². The maximum atomic E-state index is 4.00. The first-order chi connectivity index (χ1) is 2.41. The fraction of sp³-hybridized carbons (Fsp3) is 0.500. The quantitative estimate of drug-likeness (QED) is 0.297. The average molecular weight is 86.2 g/mol. The minimum Gasteiger partial charge on any atom is -0.124 e. The summed E-state index contributed by atoms with van der Waals surface area (Å²) in [6.07, 6.45) is 8.00. The Kier molecular flexibility index (Phi) is 85.3. The van der Waals surface area contributed by atoms with Gasteiger partial charge in [-0.05, 0) is 0 Å². The number of rotatable bonds is 0. The molecule has 0 fully saturated rings. The van der Waals surface area contributed by atoms with Crippen LogP contribution in [-0.2, 0) is 0 Å². The largest absolute Gasteiger partial charge is 0.124 e. The second-order valence-corrected chi connectivity index (χ2v) is 2.12. The third-order valence-electron chi connectivity index (χ3n) is 0. The van der Waals surface area contributed by atoms with Crippen molar-refractivity contribution in [2.24, 2.45) is 0 Å². The first kappa shape index (κ1) is 8.84. The van der Waals surface area contributed by atoms with Crippen LogP contribution < -0.4 is 0 Å². The minimum atomic E-state index is 0.417. The molecule has 0 atom stereocenters. The zero-order valence-corrected chi connectivity index (χ0v) is 5.28. The van der Waals surface area contributed by atoms with Crippen molar-refractivity contribution in [2.75, 3.05) is 0 Å². The van der Waals surface area contributed by atoms with Gasteiger partial charge in [0.1, 0.15) is 0 Å². The van der Waals surface area contributed by atoms with E-state index in [1.54, 1.807) is 0 Å². The van der Waals surface area contributed by atoms with Crippen LogP contribution in [0.5, 0.6) is 0 Å². The fourth-order valence-corrected chi connectivity index (χ4v) is 0. The van der Waals surface area contributed by atoms with Crippen LogP contribution in [0.15, 0.2) is 0 Å². The van der Waals surface area contributed by atoms with Gasteiger partial charge in [-0.25, -0.2) is 0 Å². The molecule has 0 aromatic carbocycles. The standard InChI is InChI=1S/C2H8Si.C2H2/c1-3-2;1-2/h3H2,1-2H3;1-2H. The summed E-state index contributed by atoms with van der Waals surface area (Å²) in [7, 11) is 0.417. The predicted molar refractivity (Wildman–Crippen MR) is 30.2 cm³/mol. The highest BCUT2D eigenvalue weighted by Gasteiger charge is 1.38. The fourth-order valence-electron chi connectivity index (χ4n) is 0. The lowest BCUT2D eigenvalue weighted by Gasteiger charge is -1.45. The van der Waals surface area contributed by atoms with E-state index < -0.39 is 0 Å². The molecule has 0 aromatic heterocycles. The van der Waals surface area contributed by atoms with Gasteiger partial charge in [0.2, 0.25) is 0 Å². The molecule has 0 rings (SSSR count). The van der Waals surface area contributed by atoms with E-state index in [0.717, 1.165) is 0 Å². The zero-order valence-electron chi connectivity index (χ0n) is 3.86. The van der Waals surface area contributed by atoms with Crippen molar-refractivity contribution in [2.45, 2.75) is 13.1 Å². The zero-order chi connectivity index (χ0) is 4.71. The van der Waals surface area contributed by atoms with Gasteiger partial charge in [-0.1, -0.05) is 13.1 Å². The van der Waals surface area contributed by atoms with Gasteiger partial charge in [-0.2, -0.15) is 0 Å². The highest BCUT2D eigenvalue weighted by atomic mass is 28.2. The van der Waals surface area contributed by atoms with E-state index >= 15 is 0 Å². The SMILES string of the molecule is C#C.C[SiH2]C. The van der Waals surface area contributed by atoms with Gasteiger partial charge in [-0.3, -0.25) is 0 Å². The Morgan fingerprint density at radius 3 is 1.20 bits per heavy atom. The molecule has 0 heterocycles. The second kappa shape index (κ2) is 48.3. The molecule has 0 nitrogen and oxygen atoms in total. The lowest BCUT2D eigenvalue weighted by molar-refractivity contribution is 2.14. The van der Waals surface area contributed by atoms with Crippen molar-refractivity contribution in [3.8, 4) is 12.8 Å². The number of hydrogen-bond acceptors (Lipinski definition) is 0. The molecule has 0 aromatic rings. The molecule has 0 amide bonds. The van der Waals surface area contributed by atoms with Crippen LogP contribution in [0.2, 0.25) is 13.1 Å². The smallest absolute Gasteiger partial charge is 0.0135 e. The van der Waals surface area contributed by atoms with Gasteiger partial charge in [0, 0.05) is 9.52 Å².